The first-order valence-electron chi connectivity index (χ1n) is 10.8. The van der Waals surface area contributed by atoms with Crippen molar-refractivity contribution in [2.24, 2.45) is 5.10 Å². The molecule has 0 atom stereocenters. The SMILES string of the molecule is CCc1ccc(N/N=C/c2nc(OCCN3CCOCC3)cc(N3CCOCC3)n2)s1. The molecule has 2 aliphatic rings. The second-order valence-corrected chi connectivity index (χ2v) is 8.48. The van der Waals surface area contributed by atoms with Gasteiger partial charge in [0.1, 0.15) is 17.4 Å². The molecule has 31 heavy (non-hydrogen) atoms. The van der Waals surface area contributed by atoms with Crippen LogP contribution < -0.4 is 15.1 Å². The van der Waals surface area contributed by atoms with Crippen LogP contribution in [-0.4, -0.2) is 86.8 Å². The van der Waals surface area contributed by atoms with E-state index in [4.69, 9.17) is 14.2 Å². The summed E-state index contributed by atoms with van der Waals surface area (Å²) in [6.45, 7) is 10.0. The molecule has 2 aliphatic heterocycles. The van der Waals surface area contributed by atoms with E-state index in [0.29, 0.717) is 31.5 Å². The van der Waals surface area contributed by atoms with Crippen LogP contribution in [-0.2, 0) is 15.9 Å². The minimum atomic E-state index is 0.519. The zero-order chi connectivity index (χ0) is 21.3. The van der Waals surface area contributed by atoms with Crippen LogP contribution in [0.5, 0.6) is 5.88 Å². The molecule has 2 fully saturated rings. The Hall–Kier alpha value is -2.27. The Morgan fingerprint density at radius 1 is 1.13 bits per heavy atom. The minimum Gasteiger partial charge on any atom is -0.476 e. The highest BCUT2D eigenvalue weighted by molar-refractivity contribution is 7.16. The molecule has 0 saturated carbocycles. The standard InChI is InChI=1S/C21H30N6O3S/c1-2-17-3-4-21(31-17)25-22-16-18-23-19(27-8-12-29-13-9-27)15-20(24-18)30-14-7-26-5-10-28-11-6-26/h3-4,15-16,25H,2,5-14H2,1H3/b22-16+. The van der Waals surface area contributed by atoms with Crippen LogP contribution in [0.4, 0.5) is 10.8 Å². The van der Waals surface area contributed by atoms with Crippen molar-refractivity contribution in [1.82, 2.24) is 14.9 Å². The Bertz CT molecular complexity index is 849. The fraction of sp³-hybridized carbons (Fsp3) is 0.571. The van der Waals surface area contributed by atoms with E-state index < -0.39 is 0 Å². The molecule has 0 aromatic carbocycles. The first kappa shape index (κ1) is 21.9. The molecule has 2 aromatic heterocycles. The van der Waals surface area contributed by atoms with Crippen molar-refractivity contribution in [3.63, 3.8) is 0 Å². The summed E-state index contributed by atoms with van der Waals surface area (Å²) in [7, 11) is 0. The lowest BCUT2D eigenvalue weighted by Crippen LogP contribution is -2.38. The molecular weight excluding hydrogens is 416 g/mol. The van der Waals surface area contributed by atoms with Crippen LogP contribution in [0.2, 0.25) is 0 Å². The average molecular weight is 447 g/mol. The van der Waals surface area contributed by atoms with Crippen LogP contribution >= 0.6 is 11.3 Å². The number of hydrogen-bond acceptors (Lipinski definition) is 10. The molecule has 4 heterocycles. The van der Waals surface area contributed by atoms with Crippen LogP contribution in [0, 0.1) is 0 Å². The summed E-state index contributed by atoms with van der Waals surface area (Å²) >= 11 is 1.70. The third-order valence-corrected chi connectivity index (χ3v) is 6.30. The van der Waals surface area contributed by atoms with Gasteiger partial charge in [-0.05, 0) is 18.6 Å². The smallest absolute Gasteiger partial charge is 0.219 e. The normalized spacial score (nSPS) is 17.9. The molecule has 0 aliphatic carbocycles. The highest BCUT2D eigenvalue weighted by atomic mass is 32.1. The highest BCUT2D eigenvalue weighted by Crippen LogP contribution is 2.22. The Balaban J connectivity index is 1.42. The molecule has 1 N–H and O–H groups in total. The van der Waals surface area contributed by atoms with Gasteiger partial charge in [-0.15, -0.1) is 11.3 Å². The lowest BCUT2D eigenvalue weighted by atomic mass is 10.4. The molecule has 4 rings (SSSR count). The van der Waals surface area contributed by atoms with Crippen LogP contribution in [0.15, 0.2) is 23.3 Å². The molecule has 2 aromatic rings. The van der Waals surface area contributed by atoms with E-state index in [2.05, 4.69) is 43.3 Å². The van der Waals surface area contributed by atoms with E-state index in [1.165, 1.54) is 4.88 Å². The summed E-state index contributed by atoms with van der Waals surface area (Å²) in [5, 5.41) is 5.33. The van der Waals surface area contributed by atoms with Crippen molar-refractivity contribution >= 4 is 28.4 Å². The van der Waals surface area contributed by atoms with Gasteiger partial charge in [-0.2, -0.15) is 10.1 Å². The van der Waals surface area contributed by atoms with Crippen molar-refractivity contribution in [2.75, 3.05) is 76.1 Å². The zero-order valence-corrected chi connectivity index (χ0v) is 18.8. The number of morpholine rings is 2. The molecule has 0 bridgehead atoms. The number of anilines is 2. The third kappa shape index (κ3) is 6.60. The van der Waals surface area contributed by atoms with E-state index in [0.717, 1.165) is 63.2 Å². The lowest BCUT2D eigenvalue weighted by Gasteiger charge is -2.28. The molecule has 0 spiro atoms. The quantitative estimate of drug-likeness (QED) is 0.463. The number of thiophene rings is 1. The van der Waals surface area contributed by atoms with Gasteiger partial charge in [0, 0.05) is 43.7 Å². The maximum atomic E-state index is 5.99. The molecule has 0 radical (unpaired) electrons. The Morgan fingerprint density at radius 2 is 1.90 bits per heavy atom. The van der Waals surface area contributed by atoms with Crippen molar-refractivity contribution in [1.29, 1.82) is 0 Å². The zero-order valence-electron chi connectivity index (χ0n) is 18.0. The predicted molar refractivity (Wildman–Crippen MR) is 123 cm³/mol. The number of aromatic nitrogens is 2. The summed E-state index contributed by atoms with van der Waals surface area (Å²) in [5.41, 5.74) is 3.07. The Kier molecular flexibility index (Phi) is 8.05. The summed E-state index contributed by atoms with van der Waals surface area (Å²) in [6.07, 6.45) is 2.66. The van der Waals surface area contributed by atoms with Gasteiger partial charge in [0.25, 0.3) is 0 Å². The maximum Gasteiger partial charge on any atom is 0.219 e. The molecule has 0 unspecified atom stereocenters. The molecule has 0 amide bonds. The Morgan fingerprint density at radius 3 is 2.65 bits per heavy atom. The Labute approximate surface area is 187 Å². The topological polar surface area (TPSA) is 84.3 Å². The van der Waals surface area contributed by atoms with Crippen molar-refractivity contribution in [2.45, 2.75) is 13.3 Å². The van der Waals surface area contributed by atoms with Gasteiger partial charge < -0.3 is 19.1 Å². The highest BCUT2D eigenvalue weighted by Gasteiger charge is 2.16. The largest absolute Gasteiger partial charge is 0.476 e. The summed E-state index contributed by atoms with van der Waals surface area (Å²) in [5.74, 6) is 1.92. The first-order valence-corrected chi connectivity index (χ1v) is 11.6. The van der Waals surface area contributed by atoms with Gasteiger partial charge in [0.15, 0.2) is 5.82 Å². The fourth-order valence-electron chi connectivity index (χ4n) is 3.40. The minimum absolute atomic E-state index is 0.519. The van der Waals surface area contributed by atoms with Gasteiger partial charge in [-0.3, -0.25) is 10.3 Å². The van der Waals surface area contributed by atoms with Crippen LogP contribution in [0.25, 0.3) is 0 Å². The molecular formula is C21H30N6O3S. The van der Waals surface area contributed by atoms with E-state index in [1.807, 2.05) is 12.1 Å². The van der Waals surface area contributed by atoms with Gasteiger partial charge in [-0.25, -0.2) is 4.98 Å². The van der Waals surface area contributed by atoms with Gasteiger partial charge in [0.2, 0.25) is 5.88 Å². The molecule has 2 saturated heterocycles. The number of ether oxygens (including phenoxy) is 3. The number of aryl methyl sites for hydroxylation is 1. The number of rotatable bonds is 9. The second-order valence-electron chi connectivity index (χ2n) is 7.31. The summed E-state index contributed by atoms with van der Waals surface area (Å²) in [4.78, 5) is 15.1. The van der Waals surface area contributed by atoms with E-state index in [9.17, 15) is 0 Å². The average Bonchev–Trinajstić information content (AvgIpc) is 3.28. The first-order chi connectivity index (χ1) is 15.3. The number of nitrogens with one attached hydrogen (secondary N) is 1. The molecule has 10 heteroatoms. The second kappa shape index (κ2) is 11.4. The number of hydrogen-bond donors (Lipinski definition) is 1. The molecule has 9 nitrogen and oxygen atoms in total. The van der Waals surface area contributed by atoms with Gasteiger partial charge >= 0.3 is 0 Å². The van der Waals surface area contributed by atoms with E-state index >= 15 is 0 Å². The van der Waals surface area contributed by atoms with E-state index in [-0.39, 0.29) is 0 Å². The fourth-order valence-corrected chi connectivity index (χ4v) is 4.20. The number of nitrogens with zero attached hydrogens (tertiary/aromatic N) is 5. The maximum absolute atomic E-state index is 5.99. The van der Waals surface area contributed by atoms with Crippen LogP contribution in [0.3, 0.4) is 0 Å². The van der Waals surface area contributed by atoms with E-state index in [1.54, 1.807) is 17.6 Å². The third-order valence-electron chi connectivity index (χ3n) is 5.17. The summed E-state index contributed by atoms with van der Waals surface area (Å²) in [6, 6.07) is 6.05. The summed E-state index contributed by atoms with van der Waals surface area (Å²) < 4.78 is 16.9. The van der Waals surface area contributed by atoms with Crippen LogP contribution in [0.1, 0.15) is 17.6 Å². The van der Waals surface area contributed by atoms with Crippen molar-refractivity contribution < 1.29 is 14.2 Å². The van der Waals surface area contributed by atoms with Gasteiger partial charge in [-0.1, -0.05) is 6.92 Å². The molecule has 168 valence electrons. The van der Waals surface area contributed by atoms with Crippen molar-refractivity contribution in [3.8, 4) is 5.88 Å². The lowest BCUT2D eigenvalue weighted by molar-refractivity contribution is 0.0320. The number of hydrazone groups is 1. The van der Waals surface area contributed by atoms with Crippen molar-refractivity contribution in [3.05, 3.63) is 28.9 Å². The monoisotopic (exact) mass is 446 g/mol. The van der Waals surface area contributed by atoms with Gasteiger partial charge in [0.05, 0.1) is 32.6 Å². The predicted octanol–water partition coefficient (Wildman–Crippen LogP) is 2.09.